The van der Waals surface area contributed by atoms with Crippen molar-refractivity contribution >= 4 is 28.4 Å². The number of aromatic amines is 1. The zero-order valence-corrected chi connectivity index (χ0v) is 20.0. The highest BCUT2D eigenvalue weighted by Crippen LogP contribution is 2.19. The molecule has 0 radical (unpaired) electrons. The van der Waals surface area contributed by atoms with Crippen molar-refractivity contribution in [2.75, 3.05) is 6.54 Å². The Bertz CT molecular complexity index is 1360. The molecule has 4 rings (SSSR count). The second-order valence-corrected chi connectivity index (χ2v) is 8.43. The summed E-state index contributed by atoms with van der Waals surface area (Å²) in [6, 6.07) is 12.3. The number of hydrogen-bond acceptors (Lipinski definition) is 6. The van der Waals surface area contributed by atoms with Crippen molar-refractivity contribution in [3.63, 3.8) is 0 Å². The molecule has 1 amide bonds. The fourth-order valence-corrected chi connectivity index (χ4v) is 3.81. The largest absolute Gasteiger partial charge is 0.489 e. The highest BCUT2D eigenvalue weighted by Gasteiger charge is 2.16. The Morgan fingerprint density at radius 1 is 1.18 bits per heavy atom. The van der Waals surface area contributed by atoms with Crippen LogP contribution in [0.25, 0.3) is 10.9 Å². The van der Waals surface area contributed by atoms with E-state index >= 15 is 0 Å². The van der Waals surface area contributed by atoms with E-state index in [-0.39, 0.29) is 24.4 Å². The predicted octanol–water partition coefficient (Wildman–Crippen LogP) is 4.35. The van der Waals surface area contributed by atoms with Crippen LogP contribution in [0, 0.1) is 13.8 Å². The van der Waals surface area contributed by atoms with E-state index in [1.54, 1.807) is 23.1 Å². The van der Waals surface area contributed by atoms with Gasteiger partial charge in [0.2, 0.25) is 5.91 Å². The van der Waals surface area contributed by atoms with Crippen LogP contribution < -0.4 is 10.3 Å². The zero-order chi connectivity index (χ0) is 24.2. The van der Waals surface area contributed by atoms with Gasteiger partial charge in [0.25, 0.3) is 5.56 Å². The summed E-state index contributed by atoms with van der Waals surface area (Å²) >= 11 is 6.03. The molecule has 0 fully saturated rings. The van der Waals surface area contributed by atoms with E-state index in [4.69, 9.17) is 20.9 Å². The molecule has 9 heteroatoms. The van der Waals surface area contributed by atoms with Crippen LogP contribution in [0.4, 0.5) is 0 Å². The van der Waals surface area contributed by atoms with Crippen LogP contribution in [-0.4, -0.2) is 32.5 Å². The molecule has 2 aromatic heterocycles. The molecule has 2 heterocycles. The quantitative estimate of drug-likeness (QED) is 0.402. The number of likely N-dealkylation sites (N-methyl/N-ethyl adjacent to an activating group) is 1. The number of fused-ring (bicyclic) bond motifs is 1. The van der Waals surface area contributed by atoms with Gasteiger partial charge in [0.1, 0.15) is 23.9 Å². The van der Waals surface area contributed by atoms with Gasteiger partial charge in [-0.25, -0.2) is 4.98 Å². The van der Waals surface area contributed by atoms with E-state index in [2.05, 4.69) is 15.1 Å². The van der Waals surface area contributed by atoms with Gasteiger partial charge in [-0.2, -0.15) is 0 Å². The number of hydrogen-bond donors (Lipinski definition) is 1. The summed E-state index contributed by atoms with van der Waals surface area (Å²) in [7, 11) is 0. The monoisotopic (exact) mass is 480 g/mol. The number of rotatable bonds is 8. The molecule has 176 valence electrons. The molecule has 0 saturated carbocycles. The van der Waals surface area contributed by atoms with Gasteiger partial charge >= 0.3 is 0 Å². The van der Waals surface area contributed by atoms with Gasteiger partial charge in [0.15, 0.2) is 0 Å². The van der Waals surface area contributed by atoms with Crippen LogP contribution in [0.2, 0.25) is 5.02 Å². The van der Waals surface area contributed by atoms with Crippen LogP contribution >= 0.6 is 11.6 Å². The van der Waals surface area contributed by atoms with E-state index in [9.17, 15) is 9.59 Å². The van der Waals surface area contributed by atoms with Gasteiger partial charge in [-0.05, 0) is 56.7 Å². The van der Waals surface area contributed by atoms with Crippen LogP contribution in [0.15, 0.2) is 51.8 Å². The highest BCUT2D eigenvalue weighted by molar-refractivity contribution is 6.31. The van der Waals surface area contributed by atoms with Gasteiger partial charge in [0, 0.05) is 11.6 Å². The molecular formula is C25H25ClN4O4. The second-order valence-electron chi connectivity index (χ2n) is 7.99. The van der Waals surface area contributed by atoms with Crippen molar-refractivity contribution in [1.29, 1.82) is 0 Å². The average Bonchev–Trinajstić information content (AvgIpc) is 3.13. The summed E-state index contributed by atoms with van der Waals surface area (Å²) in [6.45, 7) is 6.66. The normalized spacial score (nSPS) is 11.1. The maximum absolute atomic E-state index is 12.9. The minimum atomic E-state index is -0.257. The van der Waals surface area contributed by atoms with Crippen LogP contribution in [-0.2, 0) is 24.4 Å². The summed E-state index contributed by atoms with van der Waals surface area (Å²) in [5, 5.41) is 4.88. The number of H-pyrrole nitrogens is 1. The molecule has 1 N–H and O–H groups in total. The number of halogens is 1. The summed E-state index contributed by atoms with van der Waals surface area (Å²) in [5.74, 6) is 1.78. The molecule has 0 aliphatic heterocycles. The molecule has 8 nitrogen and oxygen atoms in total. The molecule has 4 aromatic rings. The Kier molecular flexibility index (Phi) is 6.98. The van der Waals surface area contributed by atoms with Crippen molar-refractivity contribution in [1.82, 2.24) is 20.0 Å². The molecule has 0 atom stereocenters. The molecule has 2 aromatic carbocycles. The Balaban J connectivity index is 1.40. The lowest BCUT2D eigenvalue weighted by atomic mass is 10.1. The van der Waals surface area contributed by atoms with Gasteiger partial charge in [-0.1, -0.05) is 28.9 Å². The molecule has 0 saturated heterocycles. The third-order valence-corrected chi connectivity index (χ3v) is 5.87. The Morgan fingerprint density at radius 3 is 2.62 bits per heavy atom. The Morgan fingerprint density at radius 2 is 1.94 bits per heavy atom. The van der Waals surface area contributed by atoms with Crippen LogP contribution in [0.5, 0.6) is 5.75 Å². The number of nitrogens with one attached hydrogen (secondary N) is 1. The van der Waals surface area contributed by atoms with Gasteiger partial charge in [-0.3, -0.25) is 9.59 Å². The fourth-order valence-electron chi connectivity index (χ4n) is 3.65. The van der Waals surface area contributed by atoms with Crippen LogP contribution in [0.1, 0.15) is 35.3 Å². The van der Waals surface area contributed by atoms with Gasteiger partial charge < -0.3 is 19.1 Å². The van der Waals surface area contributed by atoms with Crippen LogP contribution in [0.3, 0.4) is 0 Å². The maximum Gasteiger partial charge on any atom is 0.258 e. The highest BCUT2D eigenvalue weighted by atomic mass is 35.5. The average molecular weight is 481 g/mol. The lowest BCUT2D eigenvalue weighted by Gasteiger charge is -2.20. The maximum atomic E-state index is 12.9. The third-order valence-electron chi connectivity index (χ3n) is 5.64. The smallest absolute Gasteiger partial charge is 0.258 e. The first-order chi connectivity index (χ1) is 16.3. The van der Waals surface area contributed by atoms with E-state index in [1.165, 1.54) is 0 Å². The molecular weight excluding hydrogens is 456 g/mol. The van der Waals surface area contributed by atoms with Crippen molar-refractivity contribution in [2.45, 2.75) is 40.3 Å². The number of aryl methyl sites for hydroxylation is 2. The van der Waals surface area contributed by atoms with Crippen molar-refractivity contribution in [3.8, 4) is 5.75 Å². The number of ether oxygens (including phenoxy) is 1. The number of nitrogens with zero attached hydrogens (tertiary/aromatic N) is 3. The minimum Gasteiger partial charge on any atom is -0.489 e. The van der Waals surface area contributed by atoms with Crippen molar-refractivity contribution in [3.05, 3.63) is 86.2 Å². The van der Waals surface area contributed by atoms with Crippen molar-refractivity contribution < 1.29 is 14.1 Å². The molecule has 0 unspecified atom stereocenters. The van der Waals surface area contributed by atoms with E-state index < -0.39 is 0 Å². The standard InChI is InChI=1S/C25H25ClN4O4/c1-4-30(13-23-27-22-12-18(26)7-10-20(22)25(32)28-23)24(31)11-17-5-8-19(9-6-17)33-14-21-15(2)29-34-16(21)3/h5-10,12H,4,11,13-14H2,1-3H3,(H,27,28,32). The predicted molar refractivity (Wildman–Crippen MR) is 129 cm³/mol. The molecule has 34 heavy (non-hydrogen) atoms. The molecule has 0 aliphatic rings. The summed E-state index contributed by atoms with van der Waals surface area (Å²) in [6.07, 6.45) is 0.224. The lowest BCUT2D eigenvalue weighted by Crippen LogP contribution is -2.33. The van der Waals surface area contributed by atoms with Crippen molar-refractivity contribution in [2.24, 2.45) is 0 Å². The first kappa shape index (κ1) is 23.5. The van der Waals surface area contributed by atoms with E-state index in [0.29, 0.717) is 40.7 Å². The molecule has 0 spiro atoms. The number of carbonyl (C=O) groups excluding carboxylic acids is 1. The number of benzene rings is 2. The first-order valence-corrected chi connectivity index (χ1v) is 11.3. The number of carbonyl (C=O) groups is 1. The second kappa shape index (κ2) is 10.1. The number of amides is 1. The Hall–Kier alpha value is -3.65. The minimum absolute atomic E-state index is 0.0688. The fraction of sp³-hybridized carbons (Fsp3) is 0.280. The summed E-state index contributed by atoms with van der Waals surface area (Å²) < 4.78 is 11.0. The molecule has 0 bridgehead atoms. The van der Waals surface area contributed by atoms with Gasteiger partial charge in [-0.15, -0.1) is 0 Å². The Labute approximate surface area is 201 Å². The SMILES string of the molecule is CCN(Cc1nc2cc(Cl)ccc2c(=O)[nH]1)C(=O)Cc1ccc(OCc2c(C)noc2C)cc1. The molecule has 0 aliphatic carbocycles. The topological polar surface area (TPSA) is 101 Å². The lowest BCUT2D eigenvalue weighted by molar-refractivity contribution is -0.131. The van der Waals surface area contributed by atoms with Gasteiger partial charge in [0.05, 0.1) is 35.1 Å². The first-order valence-electron chi connectivity index (χ1n) is 10.9. The third kappa shape index (κ3) is 5.28. The zero-order valence-electron chi connectivity index (χ0n) is 19.2. The summed E-state index contributed by atoms with van der Waals surface area (Å²) in [4.78, 5) is 34.2. The number of aromatic nitrogens is 3. The van der Waals surface area contributed by atoms with E-state index in [1.807, 2.05) is 45.0 Å². The van der Waals surface area contributed by atoms with E-state index in [0.717, 1.165) is 22.6 Å². The summed E-state index contributed by atoms with van der Waals surface area (Å²) in [5.41, 5.74) is 2.85.